The van der Waals surface area contributed by atoms with Crippen molar-refractivity contribution in [1.82, 2.24) is 5.32 Å². The first-order valence-electron chi connectivity index (χ1n) is 5.62. The minimum atomic E-state index is -0.916. The molecule has 0 spiro atoms. The Hall–Kier alpha value is -2.31. The summed E-state index contributed by atoms with van der Waals surface area (Å²) < 4.78 is 0. The molecule has 0 radical (unpaired) electrons. The monoisotopic (exact) mass is 239 g/mol. The van der Waals surface area contributed by atoms with Gasteiger partial charge in [0.2, 0.25) is 0 Å². The van der Waals surface area contributed by atoms with Crippen LogP contribution in [0.3, 0.4) is 0 Å². The van der Waals surface area contributed by atoms with Crippen LogP contribution < -0.4 is 5.32 Å². The second-order valence-corrected chi connectivity index (χ2v) is 3.84. The van der Waals surface area contributed by atoms with Crippen LogP contribution in [0.15, 0.2) is 36.4 Å². The van der Waals surface area contributed by atoms with Crippen LogP contribution in [-0.2, 0) is 0 Å². The minimum absolute atomic E-state index is 0.310. The summed E-state index contributed by atoms with van der Waals surface area (Å²) in [5, 5.41) is 13.7. The van der Waals surface area contributed by atoms with E-state index in [-0.39, 0.29) is 0 Å². The Morgan fingerprint density at radius 2 is 1.94 bits per heavy atom. The molecule has 0 fully saturated rings. The van der Waals surface area contributed by atoms with Crippen molar-refractivity contribution < 1.29 is 9.90 Å². The van der Waals surface area contributed by atoms with Crippen LogP contribution in [0.5, 0.6) is 0 Å². The summed E-state index contributed by atoms with van der Waals surface area (Å²) in [6.45, 7) is 0.606. The normalized spacial score (nSPS) is 9.83. The maximum atomic E-state index is 11.1. The van der Waals surface area contributed by atoms with Gasteiger partial charge in [0.25, 0.3) is 0 Å². The average molecular weight is 239 g/mol. The predicted octanol–water partition coefficient (Wildman–Crippen LogP) is 2.11. The first-order valence-corrected chi connectivity index (χ1v) is 5.62. The molecular formula is C15H13NO2. The SMILES string of the molecule is CNCC#Cc1cccc2c(C(=O)O)cccc12. The van der Waals surface area contributed by atoms with Crippen LogP contribution in [0, 0.1) is 11.8 Å². The maximum Gasteiger partial charge on any atom is 0.336 e. The fraction of sp³-hybridized carbons (Fsp3) is 0.133. The zero-order chi connectivity index (χ0) is 13.0. The van der Waals surface area contributed by atoms with Crippen LogP contribution in [0.1, 0.15) is 15.9 Å². The minimum Gasteiger partial charge on any atom is -0.478 e. The quantitative estimate of drug-likeness (QED) is 0.789. The zero-order valence-electron chi connectivity index (χ0n) is 10.0. The van der Waals surface area contributed by atoms with Gasteiger partial charge in [0.15, 0.2) is 0 Å². The third-order valence-corrected chi connectivity index (χ3v) is 2.64. The Balaban J connectivity index is 2.61. The molecule has 0 aliphatic heterocycles. The molecule has 0 unspecified atom stereocenters. The molecule has 0 saturated carbocycles. The molecule has 0 saturated heterocycles. The highest BCUT2D eigenvalue weighted by Gasteiger charge is 2.08. The molecule has 2 rings (SSSR count). The van der Waals surface area contributed by atoms with Gasteiger partial charge in [-0.15, -0.1) is 0 Å². The number of rotatable bonds is 2. The largest absolute Gasteiger partial charge is 0.478 e. The Bertz CT molecular complexity index is 650. The smallest absolute Gasteiger partial charge is 0.336 e. The fourth-order valence-corrected chi connectivity index (χ4v) is 1.83. The molecule has 0 amide bonds. The Labute approximate surface area is 105 Å². The standard InChI is InChI=1S/C15H13NO2/c1-16-10-4-6-11-5-2-8-13-12(11)7-3-9-14(13)15(17)18/h2-3,5,7-9,16H,10H2,1H3,(H,17,18). The summed E-state index contributed by atoms with van der Waals surface area (Å²) in [5.41, 5.74) is 1.16. The van der Waals surface area contributed by atoms with Crippen LogP contribution in [0.4, 0.5) is 0 Å². The molecule has 0 aromatic heterocycles. The number of hydrogen-bond donors (Lipinski definition) is 2. The second kappa shape index (κ2) is 5.35. The van der Waals surface area contributed by atoms with E-state index in [0.29, 0.717) is 12.1 Å². The molecule has 2 aromatic rings. The fourth-order valence-electron chi connectivity index (χ4n) is 1.83. The molecule has 18 heavy (non-hydrogen) atoms. The number of hydrogen-bond acceptors (Lipinski definition) is 2. The van der Waals surface area contributed by atoms with Crippen molar-refractivity contribution >= 4 is 16.7 Å². The van der Waals surface area contributed by atoms with E-state index < -0.39 is 5.97 Å². The van der Waals surface area contributed by atoms with Crippen LogP contribution in [0.25, 0.3) is 10.8 Å². The van der Waals surface area contributed by atoms with Gasteiger partial charge in [0, 0.05) is 5.56 Å². The number of benzene rings is 2. The maximum absolute atomic E-state index is 11.1. The van der Waals surface area contributed by atoms with E-state index in [9.17, 15) is 4.79 Å². The lowest BCUT2D eigenvalue weighted by molar-refractivity contribution is 0.0699. The van der Waals surface area contributed by atoms with Crippen molar-refractivity contribution in [1.29, 1.82) is 0 Å². The van der Waals surface area contributed by atoms with E-state index in [2.05, 4.69) is 17.2 Å². The van der Waals surface area contributed by atoms with Gasteiger partial charge >= 0.3 is 5.97 Å². The van der Waals surface area contributed by atoms with Crippen molar-refractivity contribution in [2.24, 2.45) is 0 Å². The lowest BCUT2D eigenvalue weighted by Crippen LogP contribution is -2.04. The highest BCUT2D eigenvalue weighted by Crippen LogP contribution is 2.22. The lowest BCUT2D eigenvalue weighted by Gasteiger charge is -2.04. The molecule has 0 aliphatic carbocycles. The van der Waals surface area contributed by atoms with Gasteiger partial charge < -0.3 is 10.4 Å². The molecule has 0 aliphatic rings. The highest BCUT2D eigenvalue weighted by molar-refractivity contribution is 6.05. The molecule has 2 aromatic carbocycles. The van der Waals surface area contributed by atoms with Gasteiger partial charge in [-0.25, -0.2) is 4.79 Å². The molecule has 3 heteroatoms. The molecule has 0 atom stereocenters. The van der Waals surface area contributed by atoms with Gasteiger partial charge in [-0.05, 0) is 30.0 Å². The van der Waals surface area contributed by atoms with Gasteiger partial charge in [0.1, 0.15) is 0 Å². The van der Waals surface area contributed by atoms with E-state index in [1.54, 1.807) is 12.1 Å². The summed E-state index contributed by atoms with van der Waals surface area (Å²) in [6, 6.07) is 10.8. The summed E-state index contributed by atoms with van der Waals surface area (Å²) in [7, 11) is 1.83. The summed E-state index contributed by atoms with van der Waals surface area (Å²) in [4.78, 5) is 11.1. The van der Waals surface area contributed by atoms with E-state index in [1.807, 2.05) is 31.3 Å². The number of nitrogens with one attached hydrogen (secondary N) is 1. The first-order chi connectivity index (χ1) is 8.74. The third-order valence-electron chi connectivity index (χ3n) is 2.64. The van der Waals surface area contributed by atoms with Crippen molar-refractivity contribution in [3.05, 3.63) is 47.5 Å². The molecule has 2 N–H and O–H groups in total. The molecule has 90 valence electrons. The Morgan fingerprint density at radius 3 is 2.67 bits per heavy atom. The Kier molecular flexibility index (Phi) is 3.61. The number of fused-ring (bicyclic) bond motifs is 1. The third kappa shape index (κ3) is 2.34. The number of carbonyl (C=O) groups is 1. The highest BCUT2D eigenvalue weighted by atomic mass is 16.4. The molecule has 0 heterocycles. The lowest BCUT2D eigenvalue weighted by atomic mass is 10.0. The topological polar surface area (TPSA) is 49.3 Å². The van der Waals surface area contributed by atoms with Crippen molar-refractivity contribution in [2.75, 3.05) is 13.6 Å². The zero-order valence-corrected chi connectivity index (χ0v) is 10.0. The van der Waals surface area contributed by atoms with E-state index >= 15 is 0 Å². The van der Waals surface area contributed by atoms with Crippen molar-refractivity contribution in [3.8, 4) is 11.8 Å². The molecule has 0 bridgehead atoms. The Morgan fingerprint density at radius 1 is 1.22 bits per heavy atom. The van der Waals surface area contributed by atoms with Crippen molar-refractivity contribution in [3.63, 3.8) is 0 Å². The van der Waals surface area contributed by atoms with Gasteiger partial charge in [-0.1, -0.05) is 36.1 Å². The van der Waals surface area contributed by atoms with E-state index in [0.717, 1.165) is 16.3 Å². The first kappa shape index (κ1) is 12.2. The van der Waals surface area contributed by atoms with Crippen molar-refractivity contribution in [2.45, 2.75) is 0 Å². The predicted molar refractivity (Wildman–Crippen MR) is 71.7 cm³/mol. The number of carboxylic acids is 1. The van der Waals surface area contributed by atoms with Crippen LogP contribution in [-0.4, -0.2) is 24.7 Å². The van der Waals surface area contributed by atoms with Crippen LogP contribution in [0.2, 0.25) is 0 Å². The second-order valence-electron chi connectivity index (χ2n) is 3.84. The summed E-state index contributed by atoms with van der Waals surface area (Å²) >= 11 is 0. The van der Waals surface area contributed by atoms with Gasteiger partial charge in [-0.2, -0.15) is 0 Å². The average Bonchev–Trinajstić information content (AvgIpc) is 2.38. The summed E-state index contributed by atoms with van der Waals surface area (Å²) in [5.74, 6) is 5.12. The number of carboxylic acid groups (broad SMARTS) is 1. The van der Waals surface area contributed by atoms with Crippen LogP contribution >= 0.6 is 0 Å². The number of aromatic carboxylic acids is 1. The molecular weight excluding hydrogens is 226 g/mol. The van der Waals surface area contributed by atoms with Gasteiger partial charge in [0.05, 0.1) is 12.1 Å². The summed E-state index contributed by atoms with van der Waals surface area (Å²) in [6.07, 6.45) is 0. The van der Waals surface area contributed by atoms with Gasteiger partial charge in [-0.3, -0.25) is 0 Å². The van der Waals surface area contributed by atoms with E-state index in [1.165, 1.54) is 0 Å². The molecule has 3 nitrogen and oxygen atoms in total. The van der Waals surface area contributed by atoms with E-state index in [4.69, 9.17) is 5.11 Å².